The number of rotatable bonds is 5. The molecule has 0 spiro atoms. The summed E-state index contributed by atoms with van der Waals surface area (Å²) in [5.41, 5.74) is 0. The van der Waals surface area contributed by atoms with Gasteiger partial charge in [0.25, 0.3) is 0 Å². The van der Waals surface area contributed by atoms with E-state index in [4.69, 9.17) is 4.52 Å². The minimum atomic E-state index is -3.29. The van der Waals surface area contributed by atoms with Crippen LogP contribution < -0.4 is 5.32 Å². The number of hydrogen-bond acceptors (Lipinski definition) is 7. The summed E-state index contributed by atoms with van der Waals surface area (Å²) in [6.45, 7) is 0.460. The standard InChI is InChI=1S/C10H12N4O3S/c1-18(15,16)8-3-2-5-11-10(8)12-6-4-9-13-7-14-17-9/h2-3,5,7H,4,6H2,1H3,(H,11,12). The summed E-state index contributed by atoms with van der Waals surface area (Å²) >= 11 is 0. The second-order valence-corrected chi connectivity index (χ2v) is 5.62. The van der Waals surface area contributed by atoms with Gasteiger partial charge >= 0.3 is 0 Å². The summed E-state index contributed by atoms with van der Waals surface area (Å²) < 4.78 is 27.9. The molecule has 2 aromatic rings. The van der Waals surface area contributed by atoms with Gasteiger partial charge in [-0.25, -0.2) is 13.4 Å². The van der Waals surface area contributed by atoms with Crippen molar-refractivity contribution in [3.05, 3.63) is 30.5 Å². The first kappa shape index (κ1) is 12.5. The molecule has 0 aromatic carbocycles. The Morgan fingerprint density at radius 1 is 1.39 bits per heavy atom. The molecule has 0 fully saturated rings. The van der Waals surface area contributed by atoms with E-state index < -0.39 is 9.84 Å². The molecule has 18 heavy (non-hydrogen) atoms. The Kier molecular flexibility index (Phi) is 3.56. The number of aromatic nitrogens is 3. The van der Waals surface area contributed by atoms with Gasteiger partial charge in [-0.05, 0) is 12.1 Å². The third-order valence-corrected chi connectivity index (χ3v) is 3.34. The smallest absolute Gasteiger partial charge is 0.228 e. The van der Waals surface area contributed by atoms with E-state index >= 15 is 0 Å². The monoisotopic (exact) mass is 268 g/mol. The van der Waals surface area contributed by atoms with Crippen molar-refractivity contribution in [3.63, 3.8) is 0 Å². The fourth-order valence-electron chi connectivity index (χ4n) is 1.42. The second-order valence-electron chi connectivity index (χ2n) is 3.63. The van der Waals surface area contributed by atoms with Crippen molar-refractivity contribution in [1.29, 1.82) is 0 Å². The van der Waals surface area contributed by atoms with E-state index in [1.165, 1.54) is 18.6 Å². The normalized spacial score (nSPS) is 11.4. The largest absolute Gasteiger partial charge is 0.368 e. The van der Waals surface area contributed by atoms with E-state index in [2.05, 4.69) is 20.4 Å². The number of anilines is 1. The van der Waals surface area contributed by atoms with Crippen LogP contribution in [0.1, 0.15) is 5.89 Å². The summed E-state index contributed by atoms with van der Waals surface area (Å²) in [4.78, 5) is 8.05. The van der Waals surface area contributed by atoms with Crippen molar-refractivity contribution < 1.29 is 12.9 Å². The molecule has 0 amide bonds. The van der Waals surface area contributed by atoms with Crippen LogP contribution in [0.5, 0.6) is 0 Å². The summed E-state index contributed by atoms with van der Waals surface area (Å²) in [6, 6.07) is 3.09. The summed E-state index contributed by atoms with van der Waals surface area (Å²) in [5.74, 6) is 0.818. The van der Waals surface area contributed by atoms with Crippen molar-refractivity contribution in [2.45, 2.75) is 11.3 Å². The van der Waals surface area contributed by atoms with E-state index in [0.29, 0.717) is 24.7 Å². The number of sulfone groups is 1. The highest BCUT2D eigenvalue weighted by Crippen LogP contribution is 2.17. The lowest BCUT2D eigenvalue weighted by Gasteiger charge is -2.08. The molecule has 0 saturated carbocycles. The van der Waals surface area contributed by atoms with Gasteiger partial charge in [0.15, 0.2) is 16.2 Å². The molecule has 2 rings (SSSR count). The Hall–Kier alpha value is -1.96. The maximum atomic E-state index is 11.5. The van der Waals surface area contributed by atoms with Gasteiger partial charge in [-0.1, -0.05) is 5.16 Å². The minimum Gasteiger partial charge on any atom is -0.368 e. The molecule has 7 nitrogen and oxygen atoms in total. The molecule has 96 valence electrons. The Morgan fingerprint density at radius 3 is 2.89 bits per heavy atom. The Morgan fingerprint density at radius 2 is 2.22 bits per heavy atom. The van der Waals surface area contributed by atoms with E-state index in [0.717, 1.165) is 6.26 Å². The third-order valence-electron chi connectivity index (χ3n) is 2.21. The van der Waals surface area contributed by atoms with Crippen LogP contribution in [0.15, 0.2) is 34.1 Å². The number of hydrogen-bond donors (Lipinski definition) is 1. The van der Waals surface area contributed by atoms with Crippen molar-refractivity contribution >= 4 is 15.7 Å². The van der Waals surface area contributed by atoms with Crippen LogP contribution >= 0.6 is 0 Å². The summed E-state index contributed by atoms with van der Waals surface area (Å²) in [5, 5.41) is 6.42. The fraction of sp³-hybridized carbons (Fsp3) is 0.300. The van der Waals surface area contributed by atoms with E-state index in [9.17, 15) is 8.42 Å². The lowest BCUT2D eigenvalue weighted by atomic mass is 10.4. The topological polar surface area (TPSA) is 98.0 Å². The van der Waals surface area contributed by atoms with Crippen LogP contribution in [0.3, 0.4) is 0 Å². The lowest BCUT2D eigenvalue weighted by molar-refractivity contribution is 0.379. The molecule has 1 N–H and O–H groups in total. The van der Waals surface area contributed by atoms with E-state index in [-0.39, 0.29) is 4.90 Å². The molecule has 0 atom stereocenters. The SMILES string of the molecule is CS(=O)(=O)c1cccnc1NCCc1ncno1. The molecule has 0 saturated heterocycles. The predicted molar refractivity (Wildman–Crippen MR) is 63.8 cm³/mol. The highest BCUT2D eigenvalue weighted by atomic mass is 32.2. The number of nitrogens with one attached hydrogen (secondary N) is 1. The summed E-state index contributed by atoms with van der Waals surface area (Å²) in [6.07, 6.45) is 4.49. The van der Waals surface area contributed by atoms with Crippen LogP contribution in [0.25, 0.3) is 0 Å². The van der Waals surface area contributed by atoms with Crippen LogP contribution in [-0.4, -0.2) is 36.3 Å². The molecule has 2 aromatic heterocycles. The van der Waals surface area contributed by atoms with Crippen LogP contribution in [0.2, 0.25) is 0 Å². The zero-order valence-electron chi connectivity index (χ0n) is 9.70. The highest BCUT2D eigenvalue weighted by molar-refractivity contribution is 7.90. The second kappa shape index (κ2) is 5.13. The van der Waals surface area contributed by atoms with Crippen LogP contribution in [0, 0.1) is 0 Å². The van der Waals surface area contributed by atoms with Crippen molar-refractivity contribution in [2.24, 2.45) is 0 Å². The molecule has 0 aliphatic carbocycles. The van der Waals surface area contributed by atoms with Gasteiger partial charge in [0.1, 0.15) is 10.7 Å². The van der Waals surface area contributed by atoms with Crippen LogP contribution in [0.4, 0.5) is 5.82 Å². The van der Waals surface area contributed by atoms with Crippen molar-refractivity contribution in [2.75, 3.05) is 18.1 Å². The number of pyridine rings is 1. The molecule has 0 bridgehead atoms. The Bertz CT molecular complexity index is 610. The zero-order chi connectivity index (χ0) is 13.0. The average Bonchev–Trinajstić information content (AvgIpc) is 2.81. The minimum absolute atomic E-state index is 0.176. The van der Waals surface area contributed by atoms with Crippen molar-refractivity contribution in [3.8, 4) is 0 Å². The Balaban J connectivity index is 2.06. The molecular weight excluding hydrogens is 256 g/mol. The first-order chi connectivity index (χ1) is 8.57. The van der Waals surface area contributed by atoms with Gasteiger partial charge in [-0.2, -0.15) is 4.98 Å². The van der Waals surface area contributed by atoms with Gasteiger partial charge in [0.2, 0.25) is 5.89 Å². The van der Waals surface area contributed by atoms with Crippen molar-refractivity contribution in [1.82, 2.24) is 15.1 Å². The highest BCUT2D eigenvalue weighted by Gasteiger charge is 2.13. The van der Waals surface area contributed by atoms with Gasteiger partial charge in [-0.15, -0.1) is 0 Å². The van der Waals surface area contributed by atoms with Gasteiger partial charge in [-0.3, -0.25) is 0 Å². The maximum absolute atomic E-state index is 11.5. The fourth-order valence-corrected chi connectivity index (χ4v) is 2.22. The van der Waals surface area contributed by atoms with Gasteiger partial charge < -0.3 is 9.84 Å². The molecule has 0 aliphatic heterocycles. The Labute approximate surface area is 104 Å². The quantitative estimate of drug-likeness (QED) is 0.844. The molecule has 0 unspecified atom stereocenters. The zero-order valence-corrected chi connectivity index (χ0v) is 10.5. The van der Waals surface area contributed by atoms with Gasteiger partial charge in [0.05, 0.1) is 0 Å². The molecule has 0 radical (unpaired) electrons. The van der Waals surface area contributed by atoms with E-state index in [1.807, 2.05) is 0 Å². The number of nitrogens with zero attached hydrogens (tertiary/aromatic N) is 3. The first-order valence-corrected chi connectivity index (χ1v) is 7.11. The first-order valence-electron chi connectivity index (χ1n) is 5.22. The van der Waals surface area contributed by atoms with Gasteiger partial charge in [0, 0.05) is 25.4 Å². The van der Waals surface area contributed by atoms with Crippen LogP contribution in [-0.2, 0) is 16.3 Å². The lowest BCUT2D eigenvalue weighted by Crippen LogP contribution is -2.10. The maximum Gasteiger partial charge on any atom is 0.228 e. The van der Waals surface area contributed by atoms with E-state index in [1.54, 1.807) is 6.07 Å². The molecular formula is C10H12N4O3S. The molecule has 8 heteroatoms. The third kappa shape index (κ3) is 3.04. The molecule has 0 aliphatic rings. The average molecular weight is 268 g/mol. The molecule has 2 heterocycles. The summed E-state index contributed by atoms with van der Waals surface area (Å²) in [7, 11) is -3.29. The predicted octanol–water partition coefficient (Wildman–Crippen LogP) is 0.523.